The van der Waals surface area contributed by atoms with Gasteiger partial charge in [-0.2, -0.15) is 0 Å². The number of carboxylic acid groups (broad SMARTS) is 1. The highest BCUT2D eigenvalue weighted by molar-refractivity contribution is 5.90. The first-order valence-corrected chi connectivity index (χ1v) is 3.07. The summed E-state index contributed by atoms with van der Waals surface area (Å²) in [5, 5.41) is 8.46. The van der Waals surface area contributed by atoms with Crippen LogP contribution in [0, 0.1) is 0 Å². The Kier molecular flexibility index (Phi) is 1.87. The fourth-order valence-electron chi connectivity index (χ4n) is 0.796. The molecule has 3 nitrogen and oxygen atoms in total. The number of carboxylic acids is 1. The van der Waals surface area contributed by atoms with Crippen molar-refractivity contribution in [2.75, 3.05) is 0 Å². The zero-order chi connectivity index (χ0) is 7.56. The molecule has 0 aromatic rings. The number of carbonyl (C=O) groups is 1. The van der Waals surface area contributed by atoms with Gasteiger partial charge in [0.1, 0.15) is 0 Å². The lowest BCUT2D eigenvalue weighted by atomic mass is 10.0. The fraction of sp³-hybridized carbons (Fsp3) is 0.286. The Balaban J connectivity index is 2.67. The molecule has 0 fully saturated rings. The van der Waals surface area contributed by atoms with Crippen molar-refractivity contribution in [2.24, 2.45) is 5.73 Å². The second kappa shape index (κ2) is 2.66. The highest BCUT2D eigenvalue weighted by Crippen LogP contribution is 2.08. The van der Waals surface area contributed by atoms with E-state index in [1.54, 1.807) is 12.2 Å². The summed E-state index contributed by atoms with van der Waals surface area (Å²) in [6.07, 6.45) is 5.49. The third-order valence-corrected chi connectivity index (χ3v) is 1.38. The molecule has 3 N–H and O–H groups in total. The molecule has 0 aromatic carbocycles. The molecular formula is C7H9NO2. The second-order valence-electron chi connectivity index (χ2n) is 2.22. The van der Waals surface area contributed by atoms with Crippen LogP contribution >= 0.6 is 0 Å². The van der Waals surface area contributed by atoms with Crippen LogP contribution in [-0.2, 0) is 4.79 Å². The Hall–Kier alpha value is -1.09. The molecule has 0 aromatic heterocycles. The van der Waals surface area contributed by atoms with Crippen molar-refractivity contribution in [2.45, 2.75) is 12.5 Å². The van der Waals surface area contributed by atoms with E-state index in [0.29, 0.717) is 12.0 Å². The van der Waals surface area contributed by atoms with Gasteiger partial charge >= 0.3 is 5.97 Å². The molecule has 3 heteroatoms. The normalized spacial score (nSPS) is 24.1. The van der Waals surface area contributed by atoms with Gasteiger partial charge in [-0.25, -0.2) is 4.79 Å². The summed E-state index contributed by atoms with van der Waals surface area (Å²) < 4.78 is 0. The Morgan fingerprint density at radius 2 is 2.50 bits per heavy atom. The van der Waals surface area contributed by atoms with Crippen molar-refractivity contribution in [1.82, 2.24) is 0 Å². The average molecular weight is 139 g/mol. The minimum Gasteiger partial charge on any atom is -0.478 e. The topological polar surface area (TPSA) is 63.3 Å². The van der Waals surface area contributed by atoms with Gasteiger partial charge in [-0.15, -0.1) is 0 Å². The van der Waals surface area contributed by atoms with E-state index in [-0.39, 0.29) is 6.04 Å². The van der Waals surface area contributed by atoms with Crippen LogP contribution < -0.4 is 5.73 Å². The van der Waals surface area contributed by atoms with E-state index in [2.05, 4.69) is 0 Å². The van der Waals surface area contributed by atoms with Gasteiger partial charge in [0.05, 0.1) is 5.57 Å². The van der Waals surface area contributed by atoms with Crippen molar-refractivity contribution >= 4 is 5.97 Å². The molecule has 1 aliphatic carbocycles. The molecule has 10 heavy (non-hydrogen) atoms. The van der Waals surface area contributed by atoms with Gasteiger partial charge in [-0.1, -0.05) is 18.2 Å². The average Bonchev–Trinajstić information content (AvgIpc) is 1.88. The molecule has 54 valence electrons. The van der Waals surface area contributed by atoms with E-state index in [9.17, 15) is 4.79 Å². The van der Waals surface area contributed by atoms with Gasteiger partial charge in [0.15, 0.2) is 0 Å². The van der Waals surface area contributed by atoms with Gasteiger partial charge in [0.25, 0.3) is 0 Å². The summed E-state index contributed by atoms with van der Waals surface area (Å²) in [5.74, 6) is -0.886. The second-order valence-corrected chi connectivity index (χ2v) is 2.22. The Morgan fingerprint density at radius 3 is 2.90 bits per heavy atom. The van der Waals surface area contributed by atoms with Crippen molar-refractivity contribution in [3.05, 3.63) is 23.8 Å². The maximum Gasteiger partial charge on any atom is 0.335 e. The minimum absolute atomic E-state index is 0.0110. The van der Waals surface area contributed by atoms with Crippen molar-refractivity contribution in [1.29, 1.82) is 0 Å². The monoisotopic (exact) mass is 139 g/mol. The summed E-state index contributed by atoms with van der Waals surface area (Å²) in [4.78, 5) is 10.3. The molecule has 1 unspecified atom stereocenters. The first kappa shape index (κ1) is 7.02. The van der Waals surface area contributed by atoms with E-state index in [1.165, 1.54) is 6.08 Å². The standard InChI is InChI=1S/C7H9NO2/c8-6-3-1-5(2-4-6)7(9)10/h1-3,6H,4,8H2,(H,9,10). The highest BCUT2D eigenvalue weighted by Gasteiger charge is 2.08. The Bertz CT molecular complexity index is 206. The lowest BCUT2D eigenvalue weighted by Crippen LogP contribution is -2.18. The maximum absolute atomic E-state index is 10.3. The first-order chi connectivity index (χ1) is 4.70. The van der Waals surface area contributed by atoms with Crippen LogP contribution in [0.4, 0.5) is 0 Å². The van der Waals surface area contributed by atoms with Crippen LogP contribution in [-0.4, -0.2) is 17.1 Å². The lowest BCUT2D eigenvalue weighted by Gasteiger charge is -2.07. The van der Waals surface area contributed by atoms with Crippen molar-refractivity contribution in [3.8, 4) is 0 Å². The third-order valence-electron chi connectivity index (χ3n) is 1.38. The maximum atomic E-state index is 10.3. The smallest absolute Gasteiger partial charge is 0.335 e. The van der Waals surface area contributed by atoms with Crippen LogP contribution in [0.3, 0.4) is 0 Å². The fourth-order valence-corrected chi connectivity index (χ4v) is 0.796. The van der Waals surface area contributed by atoms with Gasteiger partial charge in [-0.3, -0.25) is 0 Å². The summed E-state index contributed by atoms with van der Waals surface area (Å²) in [7, 11) is 0. The molecule has 1 rings (SSSR count). The molecule has 0 radical (unpaired) electrons. The molecule has 0 spiro atoms. The van der Waals surface area contributed by atoms with E-state index in [0.717, 1.165) is 0 Å². The summed E-state index contributed by atoms with van der Waals surface area (Å²) >= 11 is 0. The van der Waals surface area contributed by atoms with Gasteiger partial charge in [0, 0.05) is 6.04 Å². The van der Waals surface area contributed by atoms with Crippen LogP contribution in [0.5, 0.6) is 0 Å². The van der Waals surface area contributed by atoms with Crippen molar-refractivity contribution < 1.29 is 9.90 Å². The van der Waals surface area contributed by atoms with Gasteiger partial charge in [0.2, 0.25) is 0 Å². The molecule has 0 saturated heterocycles. The molecule has 0 amide bonds. The molecule has 0 bridgehead atoms. The predicted octanol–water partition coefficient (Wildman–Crippen LogP) is 0.285. The molecule has 0 saturated carbocycles. The SMILES string of the molecule is NC1C=CC(C(=O)O)=CC1. The van der Waals surface area contributed by atoms with E-state index in [1.807, 2.05) is 0 Å². The Morgan fingerprint density at radius 1 is 1.80 bits per heavy atom. The number of hydrogen-bond acceptors (Lipinski definition) is 2. The third kappa shape index (κ3) is 1.45. The summed E-state index contributed by atoms with van der Waals surface area (Å²) in [5.41, 5.74) is 5.81. The van der Waals surface area contributed by atoms with E-state index >= 15 is 0 Å². The van der Waals surface area contributed by atoms with E-state index < -0.39 is 5.97 Å². The quantitative estimate of drug-likeness (QED) is 0.548. The van der Waals surface area contributed by atoms with E-state index in [4.69, 9.17) is 10.8 Å². The molecular weight excluding hydrogens is 130 g/mol. The van der Waals surface area contributed by atoms with Gasteiger partial charge < -0.3 is 10.8 Å². The largest absolute Gasteiger partial charge is 0.478 e. The summed E-state index contributed by atoms with van der Waals surface area (Å²) in [6.45, 7) is 0. The lowest BCUT2D eigenvalue weighted by molar-refractivity contribution is -0.132. The highest BCUT2D eigenvalue weighted by atomic mass is 16.4. The summed E-state index contributed by atoms with van der Waals surface area (Å²) in [6, 6.07) is -0.0110. The number of nitrogens with two attached hydrogens (primary N) is 1. The van der Waals surface area contributed by atoms with Gasteiger partial charge in [-0.05, 0) is 6.42 Å². The predicted molar refractivity (Wildman–Crippen MR) is 37.5 cm³/mol. The van der Waals surface area contributed by atoms with Crippen LogP contribution in [0.1, 0.15) is 6.42 Å². The molecule has 0 aliphatic heterocycles. The zero-order valence-corrected chi connectivity index (χ0v) is 5.45. The minimum atomic E-state index is -0.886. The van der Waals surface area contributed by atoms with Crippen molar-refractivity contribution in [3.63, 3.8) is 0 Å². The van der Waals surface area contributed by atoms with Crippen LogP contribution in [0.2, 0.25) is 0 Å². The molecule has 0 heterocycles. The number of hydrogen-bond donors (Lipinski definition) is 2. The van der Waals surface area contributed by atoms with Crippen LogP contribution in [0.15, 0.2) is 23.8 Å². The zero-order valence-electron chi connectivity index (χ0n) is 5.45. The number of rotatable bonds is 1. The molecule has 1 atom stereocenters. The Labute approximate surface area is 58.8 Å². The molecule has 1 aliphatic rings. The van der Waals surface area contributed by atoms with Crippen LogP contribution in [0.25, 0.3) is 0 Å². The first-order valence-electron chi connectivity index (χ1n) is 3.07. The number of aliphatic carboxylic acids is 1.